The predicted molar refractivity (Wildman–Crippen MR) is 100 cm³/mol. The van der Waals surface area contributed by atoms with Crippen LogP contribution in [0.15, 0.2) is 12.1 Å². The van der Waals surface area contributed by atoms with Gasteiger partial charge in [-0.2, -0.15) is 0 Å². The molecule has 0 saturated heterocycles. The molecule has 0 aliphatic heterocycles. The lowest BCUT2D eigenvalue weighted by Crippen LogP contribution is -2.35. The summed E-state index contributed by atoms with van der Waals surface area (Å²) in [7, 11) is -1.20. The van der Waals surface area contributed by atoms with E-state index in [4.69, 9.17) is 11.6 Å². The van der Waals surface area contributed by atoms with Gasteiger partial charge in [-0.3, -0.25) is 4.79 Å². The van der Waals surface area contributed by atoms with E-state index in [1.165, 1.54) is 18.5 Å². The van der Waals surface area contributed by atoms with Crippen molar-refractivity contribution in [1.29, 1.82) is 0 Å². The number of halogens is 1. The third-order valence-electron chi connectivity index (χ3n) is 5.61. The second-order valence-electron chi connectivity index (χ2n) is 6.49. The lowest BCUT2D eigenvalue weighted by Gasteiger charge is -2.32. The minimum atomic E-state index is -1.20. The quantitative estimate of drug-likeness (QED) is 0.680. The van der Waals surface area contributed by atoms with E-state index in [9.17, 15) is 4.79 Å². The SMILES string of the molecule is CC[P+](CC)(CC)C1(C(=O)Nc2c(C)cc(Cl)cc2C)CC1. The maximum Gasteiger partial charge on any atom is 0.268 e. The zero-order chi connectivity index (χ0) is 16.5. The number of anilines is 1. The first kappa shape index (κ1) is 17.8. The molecule has 0 radical (unpaired) electrons. The molecule has 122 valence electrons. The van der Waals surface area contributed by atoms with Crippen molar-refractivity contribution in [2.75, 3.05) is 23.8 Å². The molecule has 4 heteroatoms. The van der Waals surface area contributed by atoms with Crippen LogP contribution in [-0.2, 0) is 4.79 Å². The molecule has 1 aromatic rings. The summed E-state index contributed by atoms with van der Waals surface area (Å²) < 4.78 is 0. The molecule has 0 unspecified atom stereocenters. The van der Waals surface area contributed by atoms with Crippen LogP contribution < -0.4 is 5.32 Å². The Morgan fingerprint density at radius 2 is 1.59 bits per heavy atom. The first-order valence-corrected chi connectivity index (χ1v) is 11.0. The molecule has 1 amide bonds. The third kappa shape index (κ3) is 2.81. The Morgan fingerprint density at radius 3 is 1.95 bits per heavy atom. The number of aryl methyl sites for hydroxylation is 2. The Labute approximate surface area is 140 Å². The van der Waals surface area contributed by atoms with Crippen LogP contribution in [0.1, 0.15) is 44.7 Å². The van der Waals surface area contributed by atoms with Crippen LogP contribution in [0.2, 0.25) is 5.02 Å². The molecule has 1 N–H and O–H groups in total. The van der Waals surface area contributed by atoms with Gasteiger partial charge in [0.25, 0.3) is 5.91 Å². The van der Waals surface area contributed by atoms with Gasteiger partial charge < -0.3 is 5.32 Å². The zero-order valence-corrected chi connectivity index (χ0v) is 16.1. The first-order valence-electron chi connectivity index (χ1n) is 8.30. The average Bonchev–Trinajstić information content (AvgIpc) is 3.27. The summed E-state index contributed by atoms with van der Waals surface area (Å²) in [5.74, 6) is 0.250. The molecule has 0 bridgehead atoms. The molecule has 1 aromatic carbocycles. The highest BCUT2D eigenvalue weighted by molar-refractivity contribution is 7.78. The largest absolute Gasteiger partial charge is 0.322 e. The van der Waals surface area contributed by atoms with E-state index in [0.717, 1.165) is 34.7 Å². The number of benzene rings is 1. The number of nitrogens with one attached hydrogen (secondary N) is 1. The molecule has 1 aliphatic rings. The van der Waals surface area contributed by atoms with Crippen molar-refractivity contribution in [3.05, 3.63) is 28.3 Å². The van der Waals surface area contributed by atoms with Crippen LogP contribution in [-0.4, -0.2) is 29.5 Å². The lowest BCUT2D eigenvalue weighted by atomic mass is 10.1. The van der Waals surface area contributed by atoms with Crippen molar-refractivity contribution >= 4 is 30.5 Å². The van der Waals surface area contributed by atoms with Gasteiger partial charge in [0.1, 0.15) is 0 Å². The van der Waals surface area contributed by atoms with E-state index < -0.39 is 7.26 Å². The van der Waals surface area contributed by atoms with Crippen LogP contribution in [0.4, 0.5) is 5.69 Å². The molecule has 22 heavy (non-hydrogen) atoms. The number of amides is 1. The standard InChI is InChI=1S/C18H27ClNOP/c1-6-22(7-2,8-3)18(9-10-18)17(21)20-16-13(4)11-15(19)12-14(16)5/h11-12H,6-10H2,1-5H3/p+1. The van der Waals surface area contributed by atoms with E-state index in [1.54, 1.807) is 0 Å². The third-order valence-corrected chi connectivity index (χ3v) is 11.9. The minimum Gasteiger partial charge on any atom is -0.322 e. The highest BCUT2D eigenvalue weighted by Crippen LogP contribution is 2.77. The van der Waals surface area contributed by atoms with Gasteiger partial charge in [0.2, 0.25) is 0 Å². The number of rotatable bonds is 6. The van der Waals surface area contributed by atoms with Gasteiger partial charge in [0.15, 0.2) is 5.16 Å². The summed E-state index contributed by atoms with van der Waals surface area (Å²) >= 11 is 6.09. The average molecular weight is 341 g/mol. The fraction of sp³-hybridized carbons (Fsp3) is 0.611. The van der Waals surface area contributed by atoms with Gasteiger partial charge >= 0.3 is 0 Å². The number of hydrogen-bond donors (Lipinski definition) is 1. The molecule has 1 fully saturated rings. The molecule has 0 spiro atoms. The van der Waals surface area contributed by atoms with Gasteiger partial charge in [-0.05, 0) is 57.9 Å². The van der Waals surface area contributed by atoms with Crippen LogP contribution in [0.3, 0.4) is 0 Å². The van der Waals surface area contributed by atoms with Gasteiger partial charge in [-0.1, -0.05) is 11.6 Å². The fourth-order valence-corrected chi connectivity index (χ4v) is 8.98. The van der Waals surface area contributed by atoms with Crippen molar-refractivity contribution in [1.82, 2.24) is 0 Å². The van der Waals surface area contributed by atoms with E-state index in [-0.39, 0.29) is 11.1 Å². The Bertz CT molecular complexity index is 545. The zero-order valence-electron chi connectivity index (χ0n) is 14.4. The number of carbonyl (C=O) groups is 1. The van der Waals surface area contributed by atoms with Crippen molar-refractivity contribution in [3.8, 4) is 0 Å². The van der Waals surface area contributed by atoms with Crippen molar-refractivity contribution in [2.24, 2.45) is 0 Å². The number of carbonyl (C=O) groups excluding carboxylic acids is 1. The number of hydrogen-bond acceptors (Lipinski definition) is 1. The summed E-state index contributed by atoms with van der Waals surface area (Å²) in [6.07, 6.45) is 5.64. The summed E-state index contributed by atoms with van der Waals surface area (Å²) in [5, 5.41) is 3.91. The van der Waals surface area contributed by atoms with Gasteiger partial charge in [-0.15, -0.1) is 0 Å². The molecule has 0 aromatic heterocycles. The molecular weight excluding hydrogens is 313 g/mol. The molecule has 2 nitrogen and oxygen atoms in total. The molecule has 0 heterocycles. The van der Waals surface area contributed by atoms with Crippen LogP contribution >= 0.6 is 18.9 Å². The fourth-order valence-electron chi connectivity index (χ4n) is 3.95. The highest BCUT2D eigenvalue weighted by atomic mass is 35.5. The molecule has 1 aliphatic carbocycles. The van der Waals surface area contributed by atoms with Gasteiger partial charge in [0.05, 0.1) is 18.5 Å². The van der Waals surface area contributed by atoms with Crippen LogP contribution in [0, 0.1) is 13.8 Å². The second-order valence-corrected chi connectivity index (χ2v) is 12.0. The maximum atomic E-state index is 13.1. The Morgan fingerprint density at radius 1 is 1.14 bits per heavy atom. The summed E-state index contributed by atoms with van der Waals surface area (Å²) in [4.78, 5) is 13.1. The first-order chi connectivity index (χ1) is 10.4. The molecule has 0 atom stereocenters. The summed E-state index contributed by atoms with van der Waals surface area (Å²) in [6, 6.07) is 3.84. The van der Waals surface area contributed by atoms with Crippen LogP contribution in [0.5, 0.6) is 0 Å². The Balaban J connectivity index is 2.30. The van der Waals surface area contributed by atoms with E-state index >= 15 is 0 Å². The van der Waals surface area contributed by atoms with Crippen molar-refractivity contribution < 1.29 is 4.79 Å². The van der Waals surface area contributed by atoms with Crippen molar-refractivity contribution in [2.45, 2.75) is 52.6 Å². The van der Waals surface area contributed by atoms with Crippen LogP contribution in [0.25, 0.3) is 0 Å². The Kier molecular flexibility index (Phi) is 5.24. The van der Waals surface area contributed by atoms with Gasteiger partial charge in [0, 0.05) is 30.8 Å². The molecular formula is C18H28ClNOP+. The van der Waals surface area contributed by atoms with E-state index in [2.05, 4.69) is 26.1 Å². The normalized spacial score (nSPS) is 16.5. The minimum absolute atomic E-state index is 0.0657. The summed E-state index contributed by atoms with van der Waals surface area (Å²) in [6.45, 7) is 10.8. The Hall–Kier alpha value is -0.590. The second kappa shape index (κ2) is 6.49. The summed E-state index contributed by atoms with van der Waals surface area (Å²) in [5.41, 5.74) is 3.03. The van der Waals surface area contributed by atoms with E-state index in [0.29, 0.717) is 0 Å². The topological polar surface area (TPSA) is 29.1 Å². The smallest absolute Gasteiger partial charge is 0.268 e. The van der Waals surface area contributed by atoms with Gasteiger partial charge in [-0.25, -0.2) is 0 Å². The molecule has 2 rings (SSSR count). The van der Waals surface area contributed by atoms with Crippen molar-refractivity contribution in [3.63, 3.8) is 0 Å². The maximum absolute atomic E-state index is 13.1. The highest BCUT2D eigenvalue weighted by Gasteiger charge is 2.68. The predicted octanol–water partition coefficient (Wildman–Crippen LogP) is 5.51. The lowest BCUT2D eigenvalue weighted by molar-refractivity contribution is -0.116. The van der Waals surface area contributed by atoms with E-state index in [1.807, 2.05) is 26.0 Å². The monoisotopic (exact) mass is 340 g/mol. The molecule has 1 saturated carbocycles.